The molecular formula is C10H14N2. The molecule has 0 bridgehead atoms. The number of rotatable bonds is 0. The molecule has 1 aliphatic carbocycles. The third-order valence-electron chi connectivity index (χ3n) is 2.60. The summed E-state index contributed by atoms with van der Waals surface area (Å²) in [6, 6.07) is 0. The SMILES string of the molecule is Cc1cnc2c(c1N)CCCC2. The van der Waals surface area contributed by atoms with Crippen LogP contribution in [0.4, 0.5) is 5.69 Å². The largest absolute Gasteiger partial charge is 0.398 e. The van der Waals surface area contributed by atoms with Gasteiger partial charge in [0.15, 0.2) is 0 Å². The molecule has 2 N–H and O–H groups in total. The van der Waals surface area contributed by atoms with Crippen molar-refractivity contribution in [2.24, 2.45) is 0 Å². The van der Waals surface area contributed by atoms with E-state index in [1.165, 1.54) is 24.1 Å². The van der Waals surface area contributed by atoms with Gasteiger partial charge >= 0.3 is 0 Å². The Morgan fingerprint density at radius 2 is 2.08 bits per heavy atom. The van der Waals surface area contributed by atoms with Crippen molar-refractivity contribution in [1.29, 1.82) is 0 Å². The van der Waals surface area contributed by atoms with Crippen LogP contribution in [0.5, 0.6) is 0 Å². The van der Waals surface area contributed by atoms with Gasteiger partial charge in [0, 0.05) is 17.6 Å². The molecule has 2 rings (SSSR count). The highest BCUT2D eigenvalue weighted by Crippen LogP contribution is 2.26. The van der Waals surface area contributed by atoms with E-state index in [0.29, 0.717) is 0 Å². The normalized spacial score (nSPS) is 15.8. The first-order chi connectivity index (χ1) is 5.79. The first-order valence-electron chi connectivity index (χ1n) is 4.52. The van der Waals surface area contributed by atoms with Crippen LogP contribution in [0.15, 0.2) is 6.20 Å². The lowest BCUT2D eigenvalue weighted by molar-refractivity contribution is 0.668. The second kappa shape index (κ2) is 2.77. The van der Waals surface area contributed by atoms with Gasteiger partial charge in [0.2, 0.25) is 0 Å². The highest BCUT2D eigenvalue weighted by Gasteiger charge is 2.13. The lowest BCUT2D eigenvalue weighted by Crippen LogP contribution is -2.09. The molecule has 0 atom stereocenters. The number of aromatic nitrogens is 1. The second-order valence-corrected chi connectivity index (χ2v) is 3.49. The summed E-state index contributed by atoms with van der Waals surface area (Å²) in [5, 5.41) is 0. The first kappa shape index (κ1) is 7.59. The second-order valence-electron chi connectivity index (χ2n) is 3.49. The maximum Gasteiger partial charge on any atom is 0.0456 e. The van der Waals surface area contributed by atoms with E-state index in [0.717, 1.165) is 24.1 Å². The zero-order chi connectivity index (χ0) is 8.55. The molecule has 0 amide bonds. The number of hydrogen-bond acceptors (Lipinski definition) is 2. The highest BCUT2D eigenvalue weighted by molar-refractivity contribution is 5.54. The zero-order valence-corrected chi connectivity index (χ0v) is 7.43. The van der Waals surface area contributed by atoms with E-state index in [9.17, 15) is 0 Å². The van der Waals surface area contributed by atoms with Crippen LogP contribution in [-0.4, -0.2) is 4.98 Å². The average molecular weight is 162 g/mol. The summed E-state index contributed by atoms with van der Waals surface area (Å²) >= 11 is 0. The lowest BCUT2D eigenvalue weighted by Gasteiger charge is -2.17. The molecule has 0 saturated carbocycles. The number of hydrogen-bond donors (Lipinski definition) is 1. The highest BCUT2D eigenvalue weighted by atomic mass is 14.7. The van der Waals surface area contributed by atoms with Gasteiger partial charge in [0.1, 0.15) is 0 Å². The van der Waals surface area contributed by atoms with Gasteiger partial charge in [-0.25, -0.2) is 0 Å². The van der Waals surface area contributed by atoms with Gasteiger partial charge in [-0.15, -0.1) is 0 Å². The van der Waals surface area contributed by atoms with Crippen LogP contribution in [0.2, 0.25) is 0 Å². The Bertz CT molecular complexity index is 305. The minimum Gasteiger partial charge on any atom is -0.398 e. The van der Waals surface area contributed by atoms with Crippen LogP contribution in [0, 0.1) is 6.92 Å². The number of pyridine rings is 1. The van der Waals surface area contributed by atoms with Crippen molar-refractivity contribution in [2.75, 3.05) is 5.73 Å². The standard InChI is InChI=1S/C10H14N2/c1-7-6-12-9-5-3-2-4-8(9)10(7)11/h6H,2-5H2,1H3,(H2,11,12). The minimum atomic E-state index is 0.972. The predicted octanol–water partition coefficient (Wildman–Crippen LogP) is 1.85. The van der Waals surface area contributed by atoms with Gasteiger partial charge < -0.3 is 5.73 Å². The van der Waals surface area contributed by atoms with Crippen LogP contribution in [0.1, 0.15) is 29.7 Å². The van der Waals surface area contributed by atoms with E-state index in [-0.39, 0.29) is 0 Å². The van der Waals surface area contributed by atoms with Crippen molar-refractivity contribution < 1.29 is 0 Å². The maximum atomic E-state index is 5.96. The Morgan fingerprint density at radius 1 is 1.33 bits per heavy atom. The van der Waals surface area contributed by atoms with Gasteiger partial charge in [-0.1, -0.05) is 0 Å². The summed E-state index contributed by atoms with van der Waals surface area (Å²) in [5.74, 6) is 0. The Morgan fingerprint density at radius 3 is 2.92 bits per heavy atom. The van der Waals surface area contributed by atoms with Crippen molar-refractivity contribution in [3.05, 3.63) is 23.0 Å². The zero-order valence-electron chi connectivity index (χ0n) is 7.43. The summed E-state index contributed by atoms with van der Waals surface area (Å²) in [6.45, 7) is 2.03. The molecule has 1 heterocycles. The number of anilines is 1. The van der Waals surface area contributed by atoms with E-state index >= 15 is 0 Å². The van der Waals surface area contributed by atoms with E-state index in [4.69, 9.17) is 5.73 Å². The molecular weight excluding hydrogens is 148 g/mol. The number of aryl methyl sites for hydroxylation is 2. The van der Waals surface area contributed by atoms with Crippen molar-refractivity contribution in [3.8, 4) is 0 Å². The van der Waals surface area contributed by atoms with Gasteiger partial charge in [-0.2, -0.15) is 0 Å². The number of nitrogens with zero attached hydrogens (tertiary/aromatic N) is 1. The molecule has 64 valence electrons. The van der Waals surface area contributed by atoms with E-state index in [2.05, 4.69) is 4.98 Å². The van der Waals surface area contributed by atoms with E-state index in [1.54, 1.807) is 0 Å². The molecule has 0 unspecified atom stereocenters. The smallest absolute Gasteiger partial charge is 0.0456 e. The van der Waals surface area contributed by atoms with Gasteiger partial charge in [-0.05, 0) is 43.7 Å². The molecule has 0 fully saturated rings. The minimum absolute atomic E-state index is 0.972. The van der Waals surface area contributed by atoms with Crippen molar-refractivity contribution in [1.82, 2.24) is 4.98 Å². The van der Waals surface area contributed by atoms with E-state index in [1.807, 2.05) is 13.1 Å². The Hall–Kier alpha value is -1.05. The summed E-state index contributed by atoms with van der Waals surface area (Å²) in [5.41, 5.74) is 10.6. The first-order valence-corrected chi connectivity index (χ1v) is 4.52. The maximum absolute atomic E-state index is 5.96. The summed E-state index contributed by atoms with van der Waals surface area (Å²) in [7, 11) is 0. The molecule has 0 aliphatic heterocycles. The molecule has 0 saturated heterocycles. The summed E-state index contributed by atoms with van der Waals surface area (Å²) < 4.78 is 0. The Labute approximate surface area is 72.8 Å². The van der Waals surface area contributed by atoms with Crippen LogP contribution in [0.25, 0.3) is 0 Å². The molecule has 1 aromatic rings. The summed E-state index contributed by atoms with van der Waals surface area (Å²) in [6.07, 6.45) is 6.65. The summed E-state index contributed by atoms with van der Waals surface area (Å²) in [4.78, 5) is 4.40. The lowest BCUT2D eigenvalue weighted by atomic mass is 9.93. The van der Waals surface area contributed by atoms with E-state index < -0.39 is 0 Å². The fourth-order valence-corrected chi connectivity index (χ4v) is 1.80. The molecule has 0 aromatic carbocycles. The monoisotopic (exact) mass is 162 g/mol. The predicted molar refractivity (Wildman–Crippen MR) is 50.0 cm³/mol. The van der Waals surface area contributed by atoms with Crippen molar-refractivity contribution >= 4 is 5.69 Å². The topological polar surface area (TPSA) is 38.9 Å². The van der Waals surface area contributed by atoms with Crippen LogP contribution >= 0.6 is 0 Å². The fraction of sp³-hybridized carbons (Fsp3) is 0.500. The molecule has 2 nitrogen and oxygen atoms in total. The number of fused-ring (bicyclic) bond motifs is 1. The molecule has 12 heavy (non-hydrogen) atoms. The fourth-order valence-electron chi connectivity index (χ4n) is 1.80. The van der Waals surface area contributed by atoms with Crippen molar-refractivity contribution in [2.45, 2.75) is 32.6 Å². The number of nitrogens with two attached hydrogens (primary N) is 1. The average Bonchev–Trinajstić information content (AvgIpc) is 2.12. The van der Waals surface area contributed by atoms with Gasteiger partial charge in [0.05, 0.1) is 0 Å². The Kier molecular flexibility index (Phi) is 1.75. The van der Waals surface area contributed by atoms with Crippen LogP contribution in [0.3, 0.4) is 0 Å². The molecule has 1 aromatic heterocycles. The third-order valence-corrected chi connectivity index (χ3v) is 2.60. The quantitative estimate of drug-likeness (QED) is 0.632. The molecule has 0 spiro atoms. The molecule has 1 aliphatic rings. The van der Waals surface area contributed by atoms with Crippen molar-refractivity contribution in [3.63, 3.8) is 0 Å². The van der Waals surface area contributed by atoms with Gasteiger partial charge in [-0.3, -0.25) is 4.98 Å². The molecule has 2 heteroatoms. The number of nitrogen functional groups attached to an aromatic ring is 1. The third kappa shape index (κ3) is 1.07. The Balaban J connectivity index is 2.54. The van der Waals surface area contributed by atoms with Crippen LogP contribution < -0.4 is 5.73 Å². The van der Waals surface area contributed by atoms with Gasteiger partial charge in [0.25, 0.3) is 0 Å². The molecule has 0 radical (unpaired) electrons. The van der Waals surface area contributed by atoms with Crippen LogP contribution in [-0.2, 0) is 12.8 Å².